The lowest BCUT2D eigenvalue weighted by Crippen LogP contribution is -2.62. The molecule has 1 N–H and O–H groups in total. The number of ether oxygens (including phenoxy) is 1. The minimum absolute atomic E-state index is 0.00777. The van der Waals surface area contributed by atoms with Gasteiger partial charge in [-0.3, -0.25) is 9.59 Å². The highest BCUT2D eigenvalue weighted by Gasteiger charge is 2.50. The van der Waals surface area contributed by atoms with Crippen molar-refractivity contribution in [2.75, 3.05) is 46.9 Å². The van der Waals surface area contributed by atoms with E-state index in [1.54, 1.807) is 25.2 Å². The predicted octanol–water partition coefficient (Wildman–Crippen LogP) is 3.87. The monoisotopic (exact) mass is 572 g/mol. The number of benzene rings is 2. The van der Waals surface area contributed by atoms with Crippen LogP contribution in [0.1, 0.15) is 42.2 Å². The number of piperidine rings is 1. The number of rotatable bonds is 5. The van der Waals surface area contributed by atoms with Gasteiger partial charge in [0.15, 0.2) is 0 Å². The van der Waals surface area contributed by atoms with Crippen molar-refractivity contribution in [1.82, 2.24) is 19.3 Å². The molecular formula is C33H40N4O5. The second kappa shape index (κ2) is 11.7. The van der Waals surface area contributed by atoms with Crippen LogP contribution in [-0.4, -0.2) is 88.9 Å². The molecule has 9 heteroatoms. The number of pyridine rings is 1. The van der Waals surface area contributed by atoms with Gasteiger partial charge in [0.25, 0.3) is 11.5 Å². The van der Waals surface area contributed by atoms with Gasteiger partial charge in [0, 0.05) is 57.0 Å². The molecule has 2 aromatic carbocycles. The maximum Gasteiger partial charge on any atom is 0.320 e. The number of aliphatic hydroxyl groups is 1. The molecule has 2 atom stereocenters. The summed E-state index contributed by atoms with van der Waals surface area (Å²) in [5.74, 6) is -0.229. The molecule has 2 aliphatic rings. The highest BCUT2D eigenvalue weighted by Crippen LogP contribution is 2.41. The van der Waals surface area contributed by atoms with Gasteiger partial charge in [-0.2, -0.15) is 0 Å². The van der Waals surface area contributed by atoms with E-state index in [4.69, 9.17) is 4.74 Å². The summed E-state index contributed by atoms with van der Waals surface area (Å²) in [6.45, 7) is 5.93. The van der Waals surface area contributed by atoms with E-state index in [2.05, 4.69) is 0 Å². The number of carbonyl (C=O) groups is 2. The van der Waals surface area contributed by atoms with Crippen LogP contribution in [-0.2, 0) is 11.3 Å². The van der Waals surface area contributed by atoms with Crippen molar-refractivity contribution in [3.63, 3.8) is 0 Å². The number of hydrogen-bond acceptors (Lipinski definition) is 5. The second-order valence-electron chi connectivity index (χ2n) is 12.2. The number of hydrogen-bond donors (Lipinski definition) is 1. The first-order valence-electron chi connectivity index (χ1n) is 14.4. The number of morpholine rings is 1. The van der Waals surface area contributed by atoms with Gasteiger partial charge in [0.1, 0.15) is 0 Å². The molecule has 0 radical (unpaired) electrons. The van der Waals surface area contributed by atoms with E-state index in [1.165, 1.54) is 15.5 Å². The van der Waals surface area contributed by atoms with Crippen LogP contribution in [0.15, 0.2) is 77.7 Å². The van der Waals surface area contributed by atoms with E-state index in [1.807, 2.05) is 79.4 Å². The summed E-state index contributed by atoms with van der Waals surface area (Å²) in [5, 5.41) is 12.0. The minimum atomic E-state index is -1.29. The number of urea groups is 1. The Bertz CT molecular complexity index is 1490. The van der Waals surface area contributed by atoms with Gasteiger partial charge in [-0.25, -0.2) is 4.79 Å². The molecule has 3 amide bonds. The van der Waals surface area contributed by atoms with Gasteiger partial charge in [0.2, 0.25) is 0 Å². The molecule has 0 saturated carbocycles. The zero-order valence-electron chi connectivity index (χ0n) is 24.8. The van der Waals surface area contributed by atoms with E-state index in [9.17, 15) is 19.5 Å². The largest absolute Gasteiger partial charge is 0.387 e. The summed E-state index contributed by atoms with van der Waals surface area (Å²) in [6.07, 6.45) is 1.85. The quantitative estimate of drug-likeness (QED) is 0.501. The van der Waals surface area contributed by atoms with Crippen molar-refractivity contribution in [2.45, 2.75) is 38.5 Å². The lowest BCUT2D eigenvalue weighted by Gasteiger charge is -2.51. The Hall–Kier alpha value is -3.95. The molecule has 2 saturated heterocycles. The fourth-order valence-electron chi connectivity index (χ4n) is 6.03. The topological polar surface area (TPSA) is 95.3 Å². The Morgan fingerprint density at radius 3 is 2.33 bits per heavy atom. The van der Waals surface area contributed by atoms with Crippen LogP contribution < -0.4 is 5.56 Å². The third-order valence-corrected chi connectivity index (χ3v) is 8.75. The summed E-state index contributed by atoms with van der Waals surface area (Å²) < 4.78 is 7.16. The lowest BCUT2D eigenvalue weighted by molar-refractivity contribution is -0.123. The molecule has 3 heterocycles. The Labute approximate surface area is 246 Å². The lowest BCUT2D eigenvalue weighted by atomic mass is 9.69. The molecule has 9 nitrogen and oxygen atoms in total. The van der Waals surface area contributed by atoms with Gasteiger partial charge in [-0.15, -0.1) is 0 Å². The van der Waals surface area contributed by atoms with Crippen LogP contribution >= 0.6 is 0 Å². The molecule has 3 aromatic rings. The van der Waals surface area contributed by atoms with Crippen molar-refractivity contribution in [1.29, 1.82) is 0 Å². The highest BCUT2D eigenvalue weighted by molar-refractivity contribution is 6.00. The summed E-state index contributed by atoms with van der Waals surface area (Å²) in [6, 6.07) is 20.5. The molecule has 1 unspecified atom stereocenters. The molecule has 42 heavy (non-hydrogen) atoms. The average Bonchev–Trinajstić information content (AvgIpc) is 2.99. The van der Waals surface area contributed by atoms with Crippen LogP contribution in [0.2, 0.25) is 0 Å². The van der Waals surface area contributed by atoms with Gasteiger partial charge in [0.05, 0.1) is 37.0 Å². The molecular weight excluding hydrogens is 532 g/mol. The third kappa shape index (κ3) is 5.71. The highest BCUT2D eigenvalue weighted by atomic mass is 16.5. The Kier molecular flexibility index (Phi) is 8.25. The first kappa shape index (κ1) is 29.5. The van der Waals surface area contributed by atoms with Crippen LogP contribution in [0, 0.1) is 5.41 Å². The van der Waals surface area contributed by atoms with E-state index in [-0.39, 0.29) is 36.5 Å². The van der Waals surface area contributed by atoms with Crippen LogP contribution in [0.3, 0.4) is 0 Å². The normalized spacial score (nSPS) is 22.1. The van der Waals surface area contributed by atoms with Gasteiger partial charge in [-0.05, 0) is 17.5 Å². The van der Waals surface area contributed by atoms with Crippen molar-refractivity contribution in [3.05, 3.63) is 94.4 Å². The first-order valence-corrected chi connectivity index (χ1v) is 14.4. The molecule has 2 fully saturated rings. The predicted molar refractivity (Wildman–Crippen MR) is 161 cm³/mol. The maximum absolute atomic E-state index is 13.8. The summed E-state index contributed by atoms with van der Waals surface area (Å²) in [7, 11) is 3.35. The smallest absolute Gasteiger partial charge is 0.320 e. The molecule has 2 aliphatic heterocycles. The molecule has 5 rings (SSSR count). The Balaban J connectivity index is 1.39. The number of aromatic nitrogens is 1. The Morgan fingerprint density at radius 1 is 1.02 bits per heavy atom. The van der Waals surface area contributed by atoms with Gasteiger partial charge >= 0.3 is 6.03 Å². The molecule has 0 bridgehead atoms. The SMILES string of the molecule is CN(C)C(=O)c1cn(CC2(O)CCN(C(=O)N3CCOC[C@H]3c3ccccc3)CC2(C)C)c(=O)cc1-c1ccccc1. The molecule has 0 aliphatic carbocycles. The zero-order valence-corrected chi connectivity index (χ0v) is 24.8. The van der Waals surface area contributed by atoms with E-state index < -0.39 is 11.0 Å². The standard InChI is InChI=1S/C33H40N4O5/c1-32(2)22-35(31(40)37-17-18-42-21-28(37)25-13-9-6-10-14-25)16-15-33(32,41)23-36-20-27(30(39)34(3)4)26(19-29(36)38)24-11-7-5-8-12-24/h5-14,19-20,28,41H,15-18,21-23H2,1-4H3/t28-,33?/m0/s1. The molecule has 222 valence electrons. The Morgan fingerprint density at radius 2 is 1.69 bits per heavy atom. The fraction of sp³-hybridized carbons (Fsp3) is 0.424. The third-order valence-electron chi connectivity index (χ3n) is 8.75. The van der Waals surface area contributed by atoms with E-state index >= 15 is 0 Å². The summed E-state index contributed by atoms with van der Waals surface area (Å²) in [5.41, 5.74) is 0.420. The van der Waals surface area contributed by atoms with Crippen molar-refractivity contribution < 1.29 is 19.4 Å². The molecule has 0 spiro atoms. The van der Waals surface area contributed by atoms with Crippen LogP contribution in [0.5, 0.6) is 0 Å². The minimum Gasteiger partial charge on any atom is -0.387 e. The zero-order chi connectivity index (χ0) is 30.1. The van der Waals surface area contributed by atoms with Crippen molar-refractivity contribution in [2.24, 2.45) is 5.41 Å². The van der Waals surface area contributed by atoms with Crippen LogP contribution in [0.4, 0.5) is 4.79 Å². The fourth-order valence-corrected chi connectivity index (χ4v) is 6.03. The first-order chi connectivity index (χ1) is 20.0. The number of likely N-dealkylation sites (tertiary alicyclic amines) is 1. The van der Waals surface area contributed by atoms with E-state index in [0.717, 1.165) is 11.1 Å². The van der Waals surface area contributed by atoms with E-state index in [0.29, 0.717) is 44.0 Å². The maximum atomic E-state index is 13.8. The summed E-state index contributed by atoms with van der Waals surface area (Å²) in [4.78, 5) is 45.5. The number of amides is 3. The van der Waals surface area contributed by atoms with Crippen molar-refractivity contribution in [3.8, 4) is 11.1 Å². The van der Waals surface area contributed by atoms with Gasteiger partial charge in [-0.1, -0.05) is 74.5 Å². The summed E-state index contributed by atoms with van der Waals surface area (Å²) >= 11 is 0. The average molecular weight is 573 g/mol. The second-order valence-corrected chi connectivity index (χ2v) is 12.2. The van der Waals surface area contributed by atoms with Gasteiger partial charge < -0.3 is 29.1 Å². The molecule has 1 aromatic heterocycles. The number of nitrogens with zero attached hydrogens (tertiary/aromatic N) is 4. The number of carbonyl (C=O) groups excluding carboxylic acids is 2. The van der Waals surface area contributed by atoms with Crippen LogP contribution in [0.25, 0.3) is 11.1 Å². The van der Waals surface area contributed by atoms with Crippen molar-refractivity contribution >= 4 is 11.9 Å².